The van der Waals surface area contributed by atoms with E-state index >= 15 is 0 Å². The minimum atomic E-state index is 0.0578. The van der Waals surface area contributed by atoms with E-state index in [9.17, 15) is 5.11 Å². The molecule has 0 radical (unpaired) electrons. The van der Waals surface area contributed by atoms with Crippen LogP contribution in [0.5, 0.6) is 5.75 Å². The van der Waals surface area contributed by atoms with Crippen LogP contribution in [-0.2, 0) is 13.0 Å². The van der Waals surface area contributed by atoms with Crippen molar-refractivity contribution in [3.05, 3.63) is 77.4 Å². The summed E-state index contributed by atoms with van der Waals surface area (Å²) in [6, 6.07) is 15.8. The van der Waals surface area contributed by atoms with Gasteiger partial charge >= 0.3 is 0 Å². The molecule has 2 aromatic rings. The van der Waals surface area contributed by atoms with E-state index in [1.807, 2.05) is 48.5 Å². The first-order chi connectivity index (χ1) is 9.69. The second kappa shape index (κ2) is 6.92. The summed E-state index contributed by atoms with van der Waals surface area (Å²) in [4.78, 5) is 0. The summed E-state index contributed by atoms with van der Waals surface area (Å²) in [5.41, 5.74) is 4.26. The maximum Gasteiger partial charge on any atom is 0.119 e. The molecule has 20 heavy (non-hydrogen) atoms. The average Bonchev–Trinajstić information content (AvgIpc) is 2.47. The molecule has 0 fully saturated rings. The van der Waals surface area contributed by atoms with Crippen molar-refractivity contribution in [2.75, 3.05) is 6.61 Å². The van der Waals surface area contributed by atoms with E-state index in [-0.39, 0.29) is 6.61 Å². The predicted octanol–water partition coefficient (Wildman–Crippen LogP) is 3.67. The smallest absolute Gasteiger partial charge is 0.119 e. The molecule has 2 heteroatoms. The van der Waals surface area contributed by atoms with Crippen LogP contribution in [0.2, 0.25) is 0 Å². The topological polar surface area (TPSA) is 29.5 Å². The molecule has 0 spiro atoms. The van der Waals surface area contributed by atoms with Gasteiger partial charge in [0.25, 0.3) is 0 Å². The summed E-state index contributed by atoms with van der Waals surface area (Å²) < 4.78 is 5.71. The molecule has 0 unspecified atom stereocenters. The van der Waals surface area contributed by atoms with Crippen LogP contribution in [0.25, 0.3) is 0 Å². The summed E-state index contributed by atoms with van der Waals surface area (Å²) >= 11 is 0. The number of aliphatic hydroxyl groups excluding tert-OH is 1. The van der Waals surface area contributed by atoms with Crippen molar-refractivity contribution in [1.29, 1.82) is 0 Å². The van der Waals surface area contributed by atoms with Gasteiger partial charge in [0.15, 0.2) is 0 Å². The van der Waals surface area contributed by atoms with Gasteiger partial charge in [-0.05, 0) is 42.2 Å². The molecular formula is C18H20O2. The Kier molecular flexibility index (Phi) is 4.97. The predicted molar refractivity (Wildman–Crippen MR) is 81.9 cm³/mol. The van der Waals surface area contributed by atoms with Gasteiger partial charge in [0.05, 0.1) is 6.61 Å². The monoisotopic (exact) mass is 268 g/mol. The van der Waals surface area contributed by atoms with Crippen LogP contribution in [0.1, 0.15) is 16.7 Å². The fourth-order valence-corrected chi connectivity index (χ4v) is 2.02. The lowest BCUT2D eigenvalue weighted by Gasteiger charge is -2.11. The number of aliphatic hydroxyl groups is 1. The van der Waals surface area contributed by atoms with Gasteiger partial charge in [-0.15, -0.1) is 0 Å². The van der Waals surface area contributed by atoms with Crippen LogP contribution in [0.15, 0.2) is 60.7 Å². The van der Waals surface area contributed by atoms with Gasteiger partial charge in [-0.2, -0.15) is 0 Å². The van der Waals surface area contributed by atoms with Crippen LogP contribution in [-0.4, -0.2) is 11.7 Å². The van der Waals surface area contributed by atoms with Gasteiger partial charge in [-0.25, -0.2) is 0 Å². The van der Waals surface area contributed by atoms with E-state index in [1.54, 1.807) is 0 Å². The van der Waals surface area contributed by atoms with E-state index in [4.69, 9.17) is 4.74 Å². The molecule has 0 amide bonds. The molecule has 0 heterocycles. The molecule has 0 aromatic heterocycles. The number of benzene rings is 2. The normalized spacial score (nSPS) is 10.3. The Labute approximate surface area is 120 Å². The zero-order valence-electron chi connectivity index (χ0n) is 11.8. The van der Waals surface area contributed by atoms with Gasteiger partial charge in [0, 0.05) is 0 Å². The molecular weight excluding hydrogens is 248 g/mol. The Balaban J connectivity index is 1.91. The number of hydrogen-bond donors (Lipinski definition) is 1. The van der Waals surface area contributed by atoms with Crippen molar-refractivity contribution >= 4 is 0 Å². The first-order valence-electron chi connectivity index (χ1n) is 6.73. The van der Waals surface area contributed by atoms with Gasteiger partial charge in [-0.1, -0.05) is 48.5 Å². The minimum absolute atomic E-state index is 0.0578. The Bertz CT molecular complexity index is 570. The number of ether oxygens (including phenoxy) is 1. The maximum absolute atomic E-state index is 9.30. The van der Waals surface area contributed by atoms with Gasteiger partial charge in [0.1, 0.15) is 12.4 Å². The van der Waals surface area contributed by atoms with E-state index < -0.39 is 0 Å². The Morgan fingerprint density at radius 3 is 2.35 bits per heavy atom. The van der Waals surface area contributed by atoms with Crippen molar-refractivity contribution in [2.24, 2.45) is 0 Å². The van der Waals surface area contributed by atoms with Gasteiger partial charge in [-0.3, -0.25) is 0 Å². The standard InChI is InChI=1S/C18H20O2/c1-14-7-9-18(10-8-14)20-13-15(2)11-16-5-3-4-6-17(16)12-19/h3-10,19H,2,11-13H2,1H3. The first-order valence-corrected chi connectivity index (χ1v) is 6.73. The number of hydrogen-bond acceptors (Lipinski definition) is 2. The largest absolute Gasteiger partial charge is 0.489 e. The van der Waals surface area contributed by atoms with Crippen molar-refractivity contribution in [3.63, 3.8) is 0 Å². The van der Waals surface area contributed by atoms with Gasteiger partial charge < -0.3 is 9.84 Å². The van der Waals surface area contributed by atoms with Gasteiger partial charge in [0.2, 0.25) is 0 Å². The van der Waals surface area contributed by atoms with Crippen LogP contribution < -0.4 is 4.74 Å². The van der Waals surface area contributed by atoms with E-state index in [1.165, 1.54) is 5.56 Å². The molecule has 0 saturated heterocycles. The highest BCUT2D eigenvalue weighted by molar-refractivity contribution is 5.31. The van der Waals surface area contributed by atoms with Crippen molar-refractivity contribution in [2.45, 2.75) is 20.0 Å². The molecule has 1 N–H and O–H groups in total. The zero-order valence-corrected chi connectivity index (χ0v) is 11.8. The van der Waals surface area contributed by atoms with Crippen LogP contribution in [0, 0.1) is 6.92 Å². The third-order valence-electron chi connectivity index (χ3n) is 3.19. The lowest BCUT2D eigenvalue weighted by Crippen LogP contribution is -2.04. The second-order valence-corrected chi connectivity index (χ2v) is 4.96. The highest BCUT2D eigenvalue weighted by Crippen LogP contribution is 2.16. The van der Waals surface area contributed by atoms with Crippen molar-refractivity contribution in [1.82, 2.24) is 0 Å². The molecule has 0 aliphatic carbocycles. The molecule has 2 nitrogen and oxygen atoms in total. The summed E-state index contributed by atoms with van der Waals surface area (Å²) in [5, 5.41) is 9.30. The van der Waals surface area contributed by atoms with Crippen LogP contribution in [0.4, 0.5) is 0 Å². The van der Waals surface area contributed by atoms with Crippen molar-refractivity contribution in [3.8, 4) is 5.75 Å². The molecule has 2 rings (SSSR count). The highest BCUT2D eigenvalue weighted by Gasteiger charge is 2.04. The highest BCUT2D eigenvalue weighted by atomic mass is 16.5. The van der Waals surface area contributed by atoms with E-state index in [0.717, 1.165) is 28.9 Å². The average molecular weight is 268 g/mol. The Morgan fingerprint density at radius 2 is 1.70 bits per heavy atom. The summed E-state index contributed by atoms with van der Waals surface area (Å²) in [5.74, 6) is 0.854. The molecule has 0 atom stereocenters. The van der Waals surface area contributed by atoms with Crippen LogP contribution in [0.3, 0.4) is 0 Å². The first kappa shape index (κ1) is 14.4. The quantitative estimate of drug-likeness (QED) is 0.810. The third kappa shape index (κ3) is 3.97. The SMILES string of the molecule is C=C(COc1ccc(C)cc1)Cc1ccccc1CO. The number of aryl methyl sites for hydroxylation is 1. The molecule has 0 saturated carbocycles. The Hall–Kier alpha value is -2.06. The van der Waals surface area contributed by atoms with E-state index in [0.29, 0.717) is 6.61 Å². The fraction of sp³-hybridized carbons (Fsp3) is 0.222. The Morgan fingerprint density at radius 1 is 1.05 bits per heavy atom. The van der Waals surface area contributed by atoms with Crippen LogP contribution >= 0.6 is 0 Å². The minimum Gasteiger partial charge on any atom is -0.489 e. The lowest BCUT2D eigenvalue weighted by molar-refractivity contribution is 0.280. The summed E-state index contributed by atoms with van der Waals surface area (Å²) in [6.07, 6.45) is 0.725. The summed E-state index contributed by atoms with van der Waals surface area (Å²) in [7, 11) is 0. The maximum atomic E-state index is 9.30. The van der Waals surface area contributed by atoms with Crippen molar-refractivity contribution < 1.29 is 9.84 Å². The molecule has 2 aromatic carbocycles. The second-order valence-electron chi connectivity index (χ2n) is 4.96. The number of rotatable bonds is 6. The van der Waals surface area contributed by atoms with E-state index in [2.05, 4.69) is 13.5 Å². The molecule has 0 bridgehead atoms. The third-order valence-corrected chi connectivity index (χ3v) is 3.19. The lowest BCUT2D eigenvalue weighted by atomic mass is 10.0. The molecule has 0 aliphatic rings. The summed E-state index contributed by atoms with van der Waals surface area (Å²) in [6.45, 7) is 6.65. The fourth-order valence-electron chi connectivity index (χ4n) is 2.02. The molecule has 104 valence electrons. The molecule has 0 aliphatic heterocycles. The zero-order chi connectivity index (χ0) is 14.4.